The van der Waals surface area contributed by atoms with Gasteiger partial charge in [-0.3, -0.25) is 4.79 Å². The second kappa shape index (κ2) is 14.0. The van der Waals surface area contributed by atoms with E-state index < -0.39 is 11.9 Å². The summed E-state index contributed by atoms with van der Waals surface area (Å²) in [5.41, 5.74) is 7.97. The number of nitrogens with zero attached hydrogens (tertiary/aromatic N) is 1. The van der Waals surface area contributed by atoms with Crippen molar-refractivity contribution in [1.82, 2.24) is 10.2 Å². The van der Waals surface area contributed by atoms with E-state index in [4.69, 9.17) is 32.3 Å². The van der Waals surface area contributed by atoms with Crippen molar-refractivity contribution >= 4 is 35.1 Å². The highest BCUT2D eigenvalue weighted by molar-refractivity contribution is 6.33. The van der Waals surface area contributed by atoms with Crippen LogP contribution in [0.5, 0.6) is 5.75 Å². The van der Waals surface area contributed by atoms with Crippen LogP contribution >= 0.6 is 11.6 Å². The first kappa shape index (κ1) is 27.7. The summed E-state index contributed by atoms with van der Waals surface area (Å²) in [6.07, 6.45) is 4.04. The molecule has 10 heteroatoms. The average Bonchev–Trinajstić information content (AvgIpc) is 2.84. The van der Waals surface area contributed by atoms with E-state index in [1.807, 2.05) is 6.07 Å². The normalized spacial score (nSPS) is 14.1. The summed E-state index contributed by atoms with van der Waals surface area (Å²) in [6.45, 7) is 3.01. The van der Waals surface area contributed by atoms with Crippen molar-refractivity contribution in [2.24, 2.45) is 0 Å². The number of benzene rings is 2. The van der Waals surface area contributed by atoms with E-state index in [0.717, 1.165) is 38.9 Å². The van der Waals surface area contributed by atoms with E-state index in [1.165, 1.54) is 12.7 Å². The summed E-state index contributed by atoms with van der Waals surface area (Å²) in [5.74, 6) is -2.24. The summed E-state index contributed by atoms with van der Waals surface area (Å²) in [4.78, 5) is 34.2. The van der Waals surface area contributed by atoms with E-state index in [9.17, 15) is 14.4 Å². The molecule has 0 aliphatic carbocycles. The first-order valence-electron chi connectivity index (χ1n) is 11.0. The fourth-order valence-electron chi connectivity index (χ4n) is 3.55. The third kappa shape index (κ3) is 9.68. The number of carboxylic acids is 2. The van der Waals surface area contributed by atoms with Crippen LogP contribution < -0.4 is 15.8 Å². The number of anilines is 1. The van der Waals surface area contributed by atoms with Gasteiger partial charge < -0.3 is 30.9 Å². The molecule has 1 aliphatic rings. The number of nitrogen functional groups attached to an aromatic ring is 1. The van der Waals surface area contributed by atoms with E-state index >= 15 is 0 Å². The molecule has 3 rings (SSSR count). The van der Waals surface area contributed by atoms with Crippen molar-refractivity contribution in [3.63, 3.8) is 0 Å². The van der Waals surface area contributed by atoms with Crippen LogP contribution in [-0.2, 0) is 16.0 Å². The van der Waals surface area contributed by atoms with E-state index in [1.54, 1.807) is 12.1 Å². The molecular formula is C25H30ClN3O6. The van der Waals surface area contributed by atoms with Crippen LogP contribution in [0.2, 0.25) is 5.02 Å². The Morgan fingerprint density at radius 3 is 2.26 bits per heavy atom. The highest BCUT2D eigenvalue weighted by Crippen LogP contribution is 2.29. The predicted octanol–water partition coefficient (Wildman–Crippen LogP) is 3.08. The van der Waals surface area contributed by atoms with Gasteiger partial charge in [0, 0.05) is 43.9 Å². The van der Waals surface area contributed by atoms with Gasteiger partial charge in [-0.15, -0.1) is 0 Å². The minimum Gasteiger partial charge on any atom is -0.496 e. The van der Waals surface area contributed by atoms with Gasteiger partial charge in [-0.05, 0) is 30.9 Å². The number of hydrogen-bond donors (Lipinski definition) is 4. The number of hydrogen-bond acceptors (Lipinski definition) is 6. The number of nitrogens with one attached hydrogen (secondary N) is 1. The molecule has 0 bridgehead atoms. The Morgan fingerprint density at radius 2 is 1.71 bits per heavy atom. The van der Waals surface area contributed by atoms with Crippen molar-refractivity contribution in [2.75, 3.05) is 32.5 Å². The Hall–Kier alpha value is -3.56. The quantitative estimate of drug-likeness (QED) is 0.318. The molecule has 1 heterocycles. The zero-order valence-electron chi connectivity index (χ0n) is 19.4. The predicted molar refractivity (Wildman–Crippen MR) is 134 cm³/mol. The number of halogens is 1. The lowest BCUT2D eigenvalue weighted by atomic mass is 10.0. The molecule has 0 saturated carbocycles. The number of rotatable bonds is 8. The lowest BCUT2D eigenvalue weighted by Crippen LogP contribution is -2.45. The molecule has 1 fully saturated rings. The molecule has 2 aromatic rings. The lowest BCUT2D eigenvalue weighted by Gasteiger charge is -2.32. The SMILES string of the molecule is COc1cc(N)c(Cl)cc1C(=O)NC1CCN(CCc2ccccc2)CC1.O=C(O)/C=C/C(=O)O. The number of likely N-dealkylation sites (tertiary alicyclic amines) is 1. The number of piperidine rings is 1. The fourth-order valence-corrected chi connectivity index (χ4v) is 3.72. The maximum atomic E-state index is 12.6. The Kier molecular flexibility index (Phi) is 11.1. The van der Waals surface area contributed by atoms with Gasteiger partial charge in [0.2, 0.25) is 0 Å². The Bertz CT molecular complexity index is 1020. The van der Waals surface area contributed by atoms with Crippen LogP contribution in [0, 0.1) is 0 Å². The number of carbonyl (C=O) groups is 3. The van der Waals surface area contributed by atoms with E-state index in [0.29, 0.717) is 34.2 Å². The number of carboxylic acid groups (broad SMARTS) is 2. The monoisotopic (exact) mass is 503 g/mol. The highest BCUT2D eigenvalue weighted by Gasteiger charge is 2.23. The van der Waals surface area contributed by atoms with Crippen LogP contribution in [0.25, 0.3) is 0 Å². The fraction of sp³-hybridized carbons (Fsp3) is 0.320. The van der Waals surface area contributed by atoms with Crippen LogP contribution in [0.15, 0.2) is 54.6 Å². The molecule has 1 saturated heterocycles. The third-order valence-corrected chi connectivity index (χ3v) is 5.74. The van der Waals surface area contributed by atoms with Crippen molar-refractivity contribution in [3.05, 3.63) is 70.8 Å². The summed E-state index contributed by atoms with van der Waals surface area (Å²) < 4.78 is 5.27. The van der Waals surface area contributed by atoms with Crippen LogP contribution in [0.3, 0.4) is 0 Å². The molecule has 9 nitrogen and oxygen atoms in total. The highest BCUT2D eigenvalue weighted by atomic mass is 35.5. The Balaban J connectivity index is 0.000000466. The molecule has 0 radical (unpaired) electrons. The van der Waals surface area contributed by atoms with Crippen molar-refractivity contribution < 1.29 is 29.3 Å². The molecule has 2 aromatic carbocycles. The zero-order valence-corrected chi connectivity index (χ0v) is 20.2. The largest absolute Gasteiger partial charge is 0.496 e. The molecule has 0 spiro atoms. The summed E-state index contributed by atoms with van der Waals surface area (Å²) in [7, 11) is 1.52. The van der Waals surface area contributed by atoms with Crippen molar-refractivity contribution in [2.45, 2.75) is 25.3 Å². The third-order valence-electron chi connectivity index (χ3n) is 5.41. The molecular weight excluding hydrogens is 474 g/mol. The van der Waals surface area contributed by atoms with Gasteiger partial charge in [-0.2, -0.15) is 0 Å². The number of methoxy groups -OCH3 is 1. The standard InChI is InChI=1S/C21H26ClN3O2.C4H4O4/c1-27-20-14-19(23)18(22)13-17(20)21(26)24-16-8-11-25(12-9-16)10-7-15-5-3-2-4-6-15;5-3(6)1-2-4(7)8/h2-6,13-14,16H,7-12,23H2,1H3,(H,24,26);1-2H,(H,5,6)(H,7,8)/b;2-1+. The average molecular weight is 504 g/mol. The Morgan fingerprint density at radius 1 is 1.11 bits per heavy atom. The number of nitrogens with two attached hydrogens (primary N) is 1. The lowest BCUT2D eigenvalue weighted by molar-refractivity contribution is -0.134. The van der Waals surface area contributed by atoms with E-state index in [-0.39, 0.29) is 11.9 Å². The Labute approximate surface area is 209 Å². The summed E-state index contributed by atoms with van der Waals surface area (Å²) >= 11 is 6.07. The number of amides is 1. The molecule has 0 atom stereocenters. The second-order valence-electron chi connectivity index (χ2n) is 7.91. The van der Waals surface area contributed by atoms with Gasteiger partial charge in [-0.25, -0.2) is 9.59 Å². The first-order chi connectivity index (χ1) is 16.7. The molecule has 0 unspecified atom stereocenters. The van der Waals surface area contributed by atoms with Gasteiger partial charge in [0.25, 0.3) is 5.91 Å². The molecule has 0 aromatic heterocycles. The van der Waals surface area contributed by atoms with Crippen LogP contribution in [0.1, 0.15) is 28.8 Å². The number of ether oxygens (including phenoxy) is 1. The molecule has 188 valence electrons. The molecule has 1 amide bonds. The van der Waals surface area contributed by atoms with Crippen molar-refractivity contribution in [3.8, 4) is 5.75 Å². The number of carbonyl (C=O) groups excluding carboxylic acids is 1. The topological polar surface area (TPSA) is 142 Å². The first-order valence-corrected chi connectivity index (χ1v) is 11.4. The molecule has 1 aliphatic heterocycles. The van der Waals surface area contributed by atoms with Crippen LogP contribution in [0.4, 0.5) is 5.69 Å². The summed E-state index contributed by atoms with van der Waals surface area (Å²) in [5, 5.41) is 19.1. The molecule has 5 N–H and O–H groups in total. The van der Waals surface area contributed by atoms with Gasteiger partial charge in [0.1, 0.15) is 5.75 Å². The molecule has 35 heavy (non-hydrogen) atoms. The number of aliphatic carboxylic acids is 2. The van der Waals surface area contributed by atoms with E-state index in [2.05, 4.69) is 34.5 Å². The van der Waals surface area contributed by atoms with Gasteiger partial charge in [-0.1, -0.05) is 41.9 Å². The van der Waals surface area contributed by atoms with Gasteiger partial charge in [0.05, 0.1) is 23.4 Å². The minimum absolute atomic E-state index is 0.159. The second-order valence-corrected chi connectivity index (χ2v) is 8.32. The summed E-state index contributed by atoms with van der Waals surface area (Å²) in [6, 6.07) is 13.8. The van der Waals surface area contributed by atoms with Crippen LogP contribution in [-0.4, -0.2) is 65.7 Å². The van der Waals surface area contributed by atoms with Gasteiger partial charge >= 0.3 is 11.9 Å². The van der Waals surface area contributed by atoms with Gasteiger partial charge in [0.15, 0.2) is 0 Å². The minimum atomic E-state index is -1.26. The maximum absolute atomic E-state index is 12.6. The maximum Gasteiger partial charge on any atom is 0.328 e. The van der Waals surface area contributed by atoms with Crippen molar-refractivity contribution in [1.29, 1.82) is 0 Å². The zero-order chi connectivity index (χ0) is 25.8. The smallest absolute Gasteiger partial charge is 0.328 e.